The maximum absolute atomic E-state index is 10.6. The number of hydrogen-bond donors (Lipinski definition) is 2. The number of carboxylic acids is 1. The van der Waals surface area contributed by atoms with Crippen LogP contribution >= 0.6 is 0 Å². The lowest BCUT2D eigenvalue weighted by Crippen LogP contribution is -2.16. The molecule has 0 amide bonds. The zero-order valence-corrected chi connectivity index (χ0v) is 8.49. The van der Waals surface area contributed by atoms with Crippen LogP contribution in [0.2, 0.25) is 0 Å². The van der Waals surface area contributed by atoms with Crippen LogP contribution in [0, 0.1) is 5.92 Å². The minimum atomic E-state index is -0.744. The average molecular weight is 188 g/mol. The van der Waals surface area contributed by atoms with Crippen molar-refractivity contribution < 1.29 is 15.0 Å². The molecule has 2 atom stereocenters. The lowest BCUT2D eigenvalue weighted by molar-refractivity contribution is -0.142. The zero-order chi connectivity index (χ0) is 10.3. The van der Waals surface area contributed by atoms with Gasteiger partial charge in [-0.2, -0.15) is 0 Å². The topological polar surface area (TPSA) is 57.5 Å². The molecule has 0 aromatic heterocycles. The fourth-order valence-electron chi connectivity index (χ4n) is 1.37. The van der Waals surface area contributed by atoms with Gasteiger partial charge in [0.25, 0.3) is 0 Å². The lowest BCUT2D eigenvalue weighted by atomic mass is 9.97. The Hall–Kier alpha value is -0.570. The lowest BCUT2D eigenvalue weighted by Gasteiger charge is -2.12. The molecule has 0 aliphatic rings. The third kappa shape index (κ3) is 5.64. The molecule has 3 nitrogen and oxygen atoms in total. The maximum Gasteiger partial charge on any atom is 0.306 e. The second kappa shape index (κ2) is 6.89. The van der Waals surface area contributed by atoms with Gasteiger partial charge >= 0.3 is 5.97 Å². The van der Waals surface area contributed by atoms with Crippen LogP contribution in [0.15, 0.2) is 0 Å². The summed E-state index contributed by atoms with van der Waals surface area (Å²) < 4.78 is 0. The highest BCUT2D eigenvalue weighted by molar-refractivity contribution is 5.69. The zero-order valence-electron chi connectivity index (χ0n) is 8.49. The van der Waals surface area contributed by atoms with E-state index >= 15 is 0 Å². The molecule has 0 rings (SSSR count). The number of rotatable bonds is 7. The summed E-state index contributed by atoms with van der Waals surface area (Å²) in [6, 6.07) is 0. The number of aliphatic hydroxyl groups is 1. The Balaban J connectivity index is 3.65. The fourth-order valence-corrected chi connectivity index (χ4v) is 1.37. The summed E-state index contributed by atoms with van der Waals surface area (Å²) in [4.78, 5) is 10.6. The van der Waals surface area contributed by atoms with Gasteiger partial charge in [-0.1, -0.05) is 20.3 Å². The smallest absolute Gasteiger partial charge is 0.306 e. The predicted molar refractivity (Wildman–Crippen MR) is 51.6 cm³/mol. The van der Waals surface area contributed by atoms with Crippen LogP contribution in [0.3, 0.4) is 0 Å². The van der Waals surface area contributed by atoms with E-state index in [9.17, 15) is 9.90 Å². The van der Waals surface area contributed by atoms with Crippen molar-refractivity contribution in [3.63, 3.8) is 0 Å². The highest BCUT2D eigenvalue weighted by Gasteiger charge is 2.16. The summed E-state index contributed by atoms with van der Waals surface area (Å²) in [5.41, 5.74) is 0. The summed E-state index contributed by atoms with van der Waals surface area (Å²) in [6.07, 6.45) is 3.25. The van der Waals surface area contributed by atoms with Gasteiger partial charge in [0.15, 0.2) is 0 Å². The highest BCUT2D eigenvalue weighted by Crippen LogP contribution is 2.14. The summed E-state index contributed by atoms with van der Waals surface area (Å²) in [5, 5.41) is 18.1. The molecule has 0 aromatic rings. The van der Waals surface area contributed by atoms with Crippen LogP contribution in [-0.4, -0.2) is 22.3 Å². The van der Waals surface area contributed by atoms with E-state index < -0.39 is 5.97 Å². The number of carbonyl (C=O) groups is 1. The van der Waals surface area contributed by atoms with Crippen LogP contribution < -0.4 is 0 Å². The van der Waals surface area contributed by atoms with Crippen molar-refractivity contribution in [3.05, 3.63) is 0 Å². The minimum Gasteiger partial charge on any atom is -0.481 e. The predicted octanol–water partition coefficient (Wildman–Crippen LogP) is 2.04. The third-order valence-corrected chi connectivity index (χ3v) is 2.31. The molecule has 0 fully saturated rings. The summed E-state index contributed by atoms with van der Waals surface area (Å²) in [5.74, 6) is -1.03. The second-order valence-corrected chi connectivity index (χ2v) is 3.46. The number of hydrogen-bond acceptors (Lipinski definition) is 2. The van der Waals surface area contributed by atoms with Gasteiger partial charge in [0.2, 0.25) is 0 Å². The van der Waals surface area contributed by atoms with Gasteiger partial charge in [-0.25, -0.2) is 0 Å². The van der Waals surface area contributed by atoms with Crippen LogP contribution in [0.4, 0.5) is 0 Å². The molecule has 0 radical (unpaired) electrons. The van der Waals surface area contributed by atoms with Gasteiger partial charge in [0.05, 0.1) is 12.0 Å². The molecule has 0 bridgehead atoms. The second-order valence-electron chi connectivity index (χ2n) is 3.46. The first-order valence-corrected chi connectivity index (χ1v) is 5.02. The largest absolute Gasteiger partial charge is 0.481 e. The van der Waals surface area contributed by atoms with Gasteiger partial charge in [0, 0.05) is 0 Å². The van der Waals surface area contributed by atoms with Crippen molar-refractivity contribution in [2.24, 2.45) is 5.92 Å². The standard InChI is InChI=1S/C10H20O3/c1-3-5-9(11)7-6-8(4-2)10(12)13/h8-9,11H,3-7H2,1-2H3,(H,12,13). The number of aliphatic hydroxyl groups excluding tert-OH is 1. The van der Waals surface area contributed by atoms with E-state index in [1.165, 1.54) is 0 Å². The van der Waals surface area contributed by atoms with Crippen molar-refractivity contribution in [2.45, 2.75) is 52.1 Å². The first-order chi connectivity index (χ1) is 6.11. The van der Waals surface area contributed by atoms with Crippen LogP contribution in [0.1, 0.15) is 46.0 Å². The quantitative estimate of drug-likeness (QED) is 0.642. The molecule has 0 saturated carbocycles. The first kappa shape index (κ1) is 12.4. The monoisotopic (exact) mass is 188 g/mol. The molecular formula is C10H20O3. The van der Waals surface area contributed by atoms with Crippen molar-refractivity contribution in [1.29, 1.82) is 0 Å². The molecule has 3 heteroatoms. The Morgan fingerprint density at radius 2 is 1.85 bits per heavy atom. The van der Waals surface area contributed by atoms with Gasteiger partial charge < -0.3 is 10.2 Å². The van der Waals surface area contributed by atoms with Crippen LogP contribution in [-0.2, 0) is 4.79 Å². The van der Waals surface area contributed by atoms with Crippen LogP contribution in [0.25, 0.3) is 0 Å². The van der Waals surface area contributed by atoms with Crippen molar-refractivity contribution in [1.82, 2.24) is 0 Å². The SMILES string of the molecule is CCCC(O)CCC(CC)C(=O)O. The Morgan fingerprint density at radius 1 is 1.23 bits per heavy atom. The summed E-state index contributed by atoms with van der Waals surface area (Å²) in [7, 11) is 0. The summed E-state index contributed by atoms with van der Waals surface area (Å²) in [6.45, 7) is 3.88. The molecule has 0 aliphatic carbocycles. The van der Waals surface area contributed by atoms with E-state index in [4.69, 9.17) is 5.11 Å². The molecule has 13 heavy (non-hydrogen) atoms. The first-order valence-electron chi connectivity index (χ1n) is 5.02. The molecule has 0 aromatic carbocycles. The number of aliphatic carboxylic acids is 1. The molecule has 2 N–H and O–H groups in total. The van der Waals surface area contributed by atoms with Gasteiger partial charge in [0.1, 0.15) is 0 Å². The molecule has 0 aliphatic heterocycles. The molecule has 0 saturated heterocycles. The van der Waals surface area contributed by atoms with E-state index in [0.29, 0.717) is 19.3 Å². The van der Waals surface area contributed by atoms with E-state index in [1.807, 2.05) is 13.8 Å². The maximum atomic E-state index is 10.6. The van der Waals surface area contributed by atoms with E-state index in [0.717, 1.165) is 12.8 Å². The third-order valence-electron chi connectivity index (χ3n) is 2.31. The van der Waals surface area contributed by atoms with E-state index in [1.54, 1.807) is 0 Å². The molecule has 2 unspecified atom stereocenters. The van der Waals surface area contributed by atoms with E-state index in [-0.39, 0.29) is 12.0 Å². The van der Waals surface area contributed by atoms with E-state index in [2.05, 4.69) is 0 Å². The van der Waals surface area contributed by atoms with Crippen LogP contribution in [0.5, 0.6) is 0 Å². The van der Waals surface area contributed by atoms with Gasteiger partial charge in [-0.05, 0) is 25.7 Å². The van der Waals surface area contributed by atoms with Gasteiger partial charge in [-0.3, -0.25) is 4.79 Å². The molecular weight excluding hydrogens is 168 g/mol. The van der Waals surface area contributed by atoms with Crippen molar-refractivity contribution in [3.8, 4) is 0 Å². The molecule has 0 spiro atoms. The molecule has 78 valence electrons. The summed E-state index contributed by atoms with van der Waals surface area (Å²) >= 11 is 0. The highest BCUT2D eigenvalue weighted by atomic mass is 16.4. The normalized spacial score (nSPS) is 15.3. The Morgan fingerprint density at radius 3 is 2.23 bits per heavy atom. The molecule has 0 heterocycles. The Labute approximate surface area is 79.8 Å². The Kier molecular flexibility index (Phi) is 6.59. The minimum absolute atomic E-state index is 0.286. The fraction of sp³-hybridized carbons (Fsp3) is 0.900. The van der Waals surface area contributed by atoms with Crippen molar-refractivity contribution >= 4 is 5.97 Å². The Bertz CT molecular complexity index is 145. The van der Waals surface area contributed by atoms with Gasteiger partial charge in [-0.15, -0.1) is 0 Å². The van der Waals surface area contributed by atoms with Crippen molar-refractivity contribution in [2.75, 3.05) is 0 Å². The number of carboxylic acid groups (broad SMARTS) is 1. The average Bonchev–Trinajstić information content (AvgIpc) is 2.05.